The molecule has 0 saturated carbocycles. The van der Waals surface area contributed by atoms with Crippen LogP contribution in [0.25, 0.3) is 0 Å². The van der Waals surface area contributed by atoms with E-state index >= 15 is 0 Å². The molecule has 2 aliphatic rings. The Hall–Kier alpha value is -0.570. The van der Waals surface area contributed by atoms with Crippen molar-refractivity contribution in [3.63, 3.8) is 0 Å². The molecule has 16 heavy (non-hydrogen) atoms. The van der Waals surface area contributed by atoms with E-state index in [2.05, 4.69) is 23.8 Å². The molecule has 2 atom stereocenters. The number of hydrogen-bond acceptors (Lipinski definition) is 2. The van der Waals surface area contributed by atoms with Gasteiger partial charge in [0.25, 0.3) is 0 Å². The summed E-state index contributed by atoms with van der Waals surface area (Å²) in [5.41, 5.74) is 0. The fourth-order valence-corrected chi connectivity index (χ4v) is 3.05. The Kier molecular flexibility index (Phi) is 3.85. The van der Waals surface area contributed by atoms with E-state index in [4.69, 9.17) is 0 Å². The highest BCUT2D eigenvalue weighted by atomic mass is 16.2. The van der Waals surface area contributed by atoms with Gasteiger partial charge in [0.05, 0.1) is 0 Å². The van der Waals surface area contributed by atoms with Crippen molar-refractivity contribution in [2.75, 3.05) is 33.2 Å². The van der Waals surface area contributed by atoms with Crippen LogP contribution in [-0.4, -0.2) is 48.9 Å². The van der Waals surface area contributed by atoms with Crippen LogP contribution >= 0.6 is 0 Å². The summed E-state index contributed by atoms with van der Waals surface area (Å²) in [5, 5.41) is 0. The second-order valence-corrected chi connectivity index (χ2v) is 5.45. The van der Waals surface area contributed by atoms with E-state index in [0.29, 0.717) is 5.91 Å². The number of hydrogen-bond donors (Lipinski definition) is 0. The van der Waals surface area contributed by atoms with Crippen molar-refractivity contribution in [3.8, 4) is 0 Å². The van der Waals surface area contributed by atoms with Crippen molar-refractivity contribution in [2.45, 2.75) is 32.6 Å². The Morgan fingerprint density at radius 1 is 1.19 bits per heavy atom. The highest BCUT2D eigenvalue weighted by Crippen LogP contribution is 2.31. The Bertz CT molecular complexity index is 238. The number of carbonyl (C=O) groups is 1. The molecule has 2 heterocycles. The number of amides is 1. The van der Waals surface area contributed by atoms with Gasteiger partial charge in [0, 0.05) is 19.5 Å². The zero-order chi connectivity index (χ0) is 11.5. The van der Waals surface area contributed by atoms with E-state index in [9.17, 15) is 4.79 Å². The highest BCUT2D eigenvalue weighted by Gasteiger charge is 2.35. The van der Waals surface area contributed by atoms with Crippen LogP contribution in [0.4, 0.5) is 0 Å². The normalized spacial score (nSPS) is 31.2. The highest BCUT2D eigenvalue weighted by molar-refractivity contribution is 5.76. The predicted molar refractivity (Wildman–Crippen MR) is 65.2 cm³/mol. The first-order valence-electron chi connectivity index (χ1n) is 6.67. The van der Waals surface area contributed by atoms with Crippen LogP contribution in [0.1, 0.15) is 32.6 Å². The van der Waals surface area contributed by atoms with Gasteiger partial charge in [-0.15, -0.1) is 0 Å². The SMILES string of the molecule is CCCC(=O)N1C[C@H]2CCN(C)CC[C@H]2C1. The Labute approximate surface area is 98.8 Å². The lowest BCUT2D eigenvalue weighted by molar-refractivity contribution is -0.130. The van der Waals surface area contributed by atoms with Gasteiger partial charge in [0.1, 0.15) is 0 Å². The first-order valence-corrected chi connectivity index (χ1v) is 6.67. The van der Waals surface area contributed by atoms with E-state index in [1.54, 1.807) is 0 Å². The summed E-state index contributed by atoms with van der Waals surface area (Å²) in [5.74, 6) is 1.92. The van der Waals surface area contributed by atoms with E-state index in [-0.39, 0.29) is 0 Å². The third-order valence-electron chi connectivity index (χ3n) is 4.16. The van der Waals surface area contributed by atoms with Crippen molar-refractivity contribution >= 4 is 5.91 Å². The van der Waals surface area contributed by atoms with Gasteiger partial charge in [-0.2, -0.15) is 0 Å². The lowest BCUT2D eigenvalue weighted by Gasteiger charge is -2.18. The summed E-state index contributed by atoms with van der Waals surface area (Å²) in [6.07, 6.45) is 4.26. The molecule has 2 aliphatic heterocycles. The van der Waals surface area contributed by atoms with Crippen LogP contribution in [0.2, 0.25) is 0 Å². The zero-order valence-corrected chi connectivity index (χ0v) is 10.6. The quantitative estimate of drug-likeness (QED) is 0.711. The first kappa shape index (κ1) is 11.9. The van der Waals surface area contributed by atoms with Crippen molar-refractivity contribution in [1.29, 1.82) is 0 Å². The zero-order valence-electron chi connectivity index (χ0n) is 10.6. The smallest absolute Gasteiger partial charge is 0.222 e. The van der Waals surface area contributed by atoms with Crippen LogP contribution in [0.5, 0.6) is 0 Å². The van der Waals surface area contributed by atoms with Gasteiger partial charge in [-0.25, -0.2) is 0 Å². The van der Waals surface area contributed by atoms with Crippen LogP contribution in [0, 0.1) is 11.8 Å². The second kappa shape index (κ2) is 5.17. The first-order chi connectivity index (χ1) is 7.70. The second-order valence-electron chi connectivity index (χ2n) is 5.45. The number of likely N-dealkylation sites (tertiary alicyclic amines) is 2. The third-order valence-corrected chi connectivity index (χ3v) is 4.16. The minimum atomic E-state index is 0.379. The van der Waals surface area contributed by atoms with Gasteiger partial charge in [0.2, 0.25) is 5.91 Å². The number of fused-ring (bicyclic) bond motifs is 1. The summed E-state index contributed by atoms with van der Waals surface area (Å²) in [7, 11) is 2.21. The molecule has 2 fully saturated rings. The predicted octanol–water partition coefficient (Wildman–Crippen LogP) is 1.59. The molecule has 0 aliphatic carbocycles. The van der Waals surface area contributed by atoms with E-state index in [1.165, 1.54) is 25.9 Å². The molecular weight excluding hydrogens is 200 g/mol. The van der Waals surface area contributed by atoms with Gasteiger partial charge in [0.15, 0.2) is 0 Å². The molecule has 0 unspecified atom stereocenters. The van der Waals surface area contributed by atoms with E-state index in [0.717, 1.165) is 37.8 Å². The van der Waals surface area contributed by atoms with Crippen molar-refractivity contribution in [1.82, 2.24) is 9.80 Å². The fraction of sp³-hybridized carbons (Fsp3) is 0.923. The monoisotopic (exact) mass is 224 g/mol. The number of rotatable bonds is 2. The molecule has 0 aromatic carbocycles. The molecule has 0 radical (unpaired) electrons. The maximum Gasteiger partial charge on any atom is 0.222 e. The molecule has 3 heteroatoms. The lowest BCUT2D eigenvalue weighted by atomic mass is 9.92. The minimum Gasteiger partial charge on any atom is -0.342 e. The van der Waals surface area contributed by atoms with Gasteiger partial charge in [-0.1, -0.05) is 6.92 Å². The van der Waals surface area contributed by atoms with Gasteiger partial charge in [-0.3, -0.25) is 4.79 Å². The Balaban J connectivity index is 1.90. The number of nitrogens with zero attached hydrogens (tertiary/aromatic N) is 2. The van der Waals surface area contributed by atoms with Crippen molar-refractivity contribution < 1.29 is 4.79 Å². The Morgan fingerprint density at radius 2 is 1.75 bits per heavy atom. The summed E-state index contributed by atoms with van der Waals surface area (Å²) in [6, 6.07) is 0. The van der Waals surface area contributed by atoms with Crippen molar-refractivity contribution in [2.24, 2.45) is 11.8 Å². The van der Waals surface area contributed by atoms with E-state index in [1.807, 2.05) is 0 Å². The van der Waals surface area contributed by atoms with Crippen LogP contribution in [0.3, 0.4) is 0 Å². The molecule has 92 valence electrons. The van der Waals surface area contributed by atoms with Gasteiger partial charge >= 0.3 is 0 Å². The van der Waals surface area contributed by atoms with Gasteiger partial charge in [-0.05, 0) is 51.2 Å². The third kappa shape index (κ3) is 2.57. The molecule has 2 rings (SSSR count). The summed E-state index contributed by atoms with van der Waals surface area (Å²) in [4.78, 5) is 16.4. The fourth-order valence-electron chi connectivity index (χ4n) is 3.05. The summed E-state index contributed by atoms with van der Waals surface area (Å²) < 4.78 is 0. The minimum absolute atomic E-state index is 0.379. The molecule has 3 nitrogen and oxygen atoms in total. The maximum atomic E-state index is 11.9. The van der Waals surface area contributed by atoms with E-state index < -0.39 is 0 Å². The molecule has 0 aromatic rings. The van der Waals surface area contributed by atoms with Crippen LogP contribution < -0.4 is 0 Å². The van der Waals surface area contributed by atoms with Crippen molar-refractivity contribution in [3.05, 3.63) is 0 Å². The Morgan fingerprint density at radius 3 is 2.25 bits per heavy atom. The topological polar surface area (TPSA) is 23.6 Å². The molecule has 0 spiro atoms. The van der Waals surface area contributed by atoms with Crippen LogP contribution in [-0.2, 0) is 4.79 Å². The summed E-state index contributed by atoms with van der Waals surface area (Å²) in [6.45, 7) is 6.55. The largest absolute Gasteiger partial charge is 0.342 e. The molecule has 0 aromatic heterocycles. The maximum absolute atomic E-state index is 11.9. The van der Waals surface area contributed by atoms with Crippen LogP contribution in [0.15, 0.2) is 0 Å². The molecule has 0 bridgehead atoms. The average molecular weight is 224 g/mol. The lowest BCUT2D eigenvalue weighted by Crippen LogP contribution is -2.30. The molecule has 1 amide bonds. The molecule has 2 saturated heterocycles. The molecule has 0 N–H and O–H groups in total. The number of carbonyl (C=O) groups excluding carboxylic acids is 1. The standard InChI is InChI=1S/C13H24N2O/c1-3-4-13(16)15-9-11-5-7-14(2)8-6-12(11)10-15/h11-12H,3-10H2,1-2H3/t11-,12+. The summed E-state index contributed by atoms with van der Waals surface area (Å²) >= 11 is 0. The average Bonchev–Trinajstić information content (AvgIpc) is 2.60. The van der Waals surface area contributed by atoms with Gasteiger partial charge < -0.3 is 9.80 Å². The molecular formula is C13H24N2O.